The number of aryl methyl sites for hydroxylation is 2. The van der Waals surface area contributed by atoms with Gasteiger partial charge < -0.3 is 15.6 Å². The molecule has 0 unspecified atom stereocenters. The molecule has 1 heterocycles. The summed E-state index contributed by atoms with van der Waals surface area (Å²) in [7, 11) is 0. The van der Waals surface area contributed by atoms with Gasteiger partial charge in [0, 0.05) is 5.92 Å². The van der Waals surface area contributed by atoms with Gasteiger partial charge in [0.25, 0.3) is 0 Å². The van der Waals surface area contributed by atoms with Gasteiger partial charge in [-0.25, -0.2) is 0 Å². The van der Waals surface area contributed by atoms with Gasteiger partial charge in [-0.05, 0) is 39.2 Å². The van der Waals surface area contributed by atoms with Gasteiger partial charge in [-0.3, -0.25) is 4.79 Å². The molecule has 0 radical (unpaired) electrons. The molecule has 0 bridgehead atoms. The van der Waals surface area contributed by atoms with Gasteiger partial charge in [0.05, 0.1) is 0 Å². The molecule has 17 heavy (non-hydrogen) atoms. The maximum Gasteiger partial charge on any atom is 0.227 e. The van der Waals surface area contributed by atoms with Crippen molar-refractivity contribution >= 4 is 11.6 Å². The third-order valence-electron chi connectivity index (χ3n) is 3.58. The first kappa shape index (κ1) is 12.1. The number of aromatic nitrogens is 1. The Morgan fingerprint density at radius 1 is 1.53 bits per heavy atom. The number of hydrogen-bond acceptors (Lipinski definition) is 4. The van der Waals surface area contributed by atoms with Crippen molar-refractivity contribution in [2.75, 3.05) is 11.9 Å². The van der Waals surface area contributed by atoms with E-state index in [9.17, 15) is 4.79 Å². The smallest absolute Gasteiger partial charge is 0.227 e. The molecular formula is C12H19N3O2. The summed E-state index contributed by atoms with van der Waals surface area (Å²) >= 11 is 0. The topological polar surface area (TPSA) is 81.2 Å². The van der Waals surface area contributed by atoms with E-state index < -0.39 is 0 Å². The van der Waals surface area contributed by atoms with Gasteiger partial charge in [-0.1, -0.05) is 11.6 Å². The van der Waals surface area contributed by atoms with Crippen molar-refractivity contribution in [1.82, 2.24) is 5.16 Å². The van der Waals surface area contributed by atoms with E-state index in [0.29, 0.717) is 23.9 Å². The average molecular weight is 237 g/mol. The summed E-state index contributed by atoms with van der Waals surface area (Å²) in [6.07, 6.45) is 3.06. The molecule has 0 aromatic carbocycles. The van der Waals surface area contributed by atoms with E-state index in [4.69, 9.17) is 10.3 Å². The Balaban J connectivity index is 2.07. The predicted octanol–water partition coefficient (Wildman–Crippen LogP) is 1.60. The Kier molecular flexibility index (Phi) is 3.47. The molecule has 1 amide bonds. The molecule has 1 aromatic rings. The van der Waals surface area contributed by atoms with E-state index in [1.54, 1.807) is 6.92 Å². The maximum absolute atomic E-state index is 12.2. The fourth-order valence-electron chi connectivity index (χ4n) is 2.54. The molecule has 1 aromatic heterocycles. The molecule has 2 rings (SSSR count). The second-order valence-electron chi connectivity index (χ2n) is 4.72. The molecule has 5 heteroatoms. The lowest BCUT2D eigenvalue weighted by Gasteiger charge is -2.17. The number of nitrogens with two attached hydrogens (primary N) is 1. The Morgan fingerprint density at radius 3 is 2.88 bits per heavy atom. The van der Waals surface area contributed by atoms with Crippen molar-refractivity contribution in [2.24, 2.45) is 17.6 Å². The van der Waals surface area contributed by atoms with E-state index in [2.05, 4.69) is 10.5 Å². The first-order chi connectivity index (χ1) is 8.13. The summed E-state index contributed by atoms with van der Waals surface area (Å²) < 4.78 is 5.02. The van der Waals surface area contributed by atoms with Crippen LogP contribution in [0.15, 0.2) is 4.52 Å². The molecule has 3 N–H and O–H groups in total. The van der Waals surface area contributed by atoms with Crippen LogP contribution in [-0.2, 0) is 4.79 Å². The number of carbonyl (C=O) groups excluding carboxylic acids is 1. The van der Waals surface area contributed by atoms with Crippen molar-refractivity contribution in [2.45, 2.75) is 33.1 Å². The van der Waals surface area contributed by atoms with Crippen LogP contribution in [-0.4, -0.2) is 17.6 Å². The van der Waals surface area contributed by atoms with Crippen LogP contribution < -0.4 is 11.1 Å². The molecule has 94 valence electrons. The van der Waals surface area contributed by atoms with Crippen LogP contribution in [0.3, 0.4) is 0 Å². The zero-order valence-corrected chi connectivity index (χ0v) is 10.3. The third-order valence-corrected chi connectivity index (χ3v) is 3.58. The molecule has 1 aliphatic carbocycles. The van der Waals surface area contributed by atoms with Gasteiger partial charge in [0.15, 0.2) is 5.76 Å². The molecule has 0 saturated heterocycles. The van der Waals surface area contributed by atoms with E-state index in [-0.39, 0.29) is 11.8 Å². The predicted molar refractivity (Wildman–Crippen MR) is 64.5 cm³/mol. The molecule has 0 aliphatic heterocycles. The van der Waals surface area contributed by atoms with Crippen molar-refractivity contribution in [3.8, 4) is 0 Å². The molecule has 1 saturated carbocycles. The van der Waals surface area contributed by atoms with E-state index in [1.165, 1.54) is 0 Å². The van der Waals surface area contributed by atoms with Crippen molar-refractivity contribution in [3.05, 3.63) is 11.5 Å². The zero-order valence-electron chi connectivity index (χ0n) is 10.3. The minimum Gasteiger partial charge on any atom is -0.359 e. The van der Waals surface area contributed by atoms with Gasteiger partial charge >= 0.3 is 0 Å². The van der Waals surface area contributed by atoms with Crippen LogP contribution >= 0.6 is 0 Å². The highest BCUT2D eigenvalue weighted by Gasteiger charge is 2.32. The Morgan fingerprint density at radius 2 is 2.29 bits per heavy atom. The monoisotopic (exact) mass is 237 g/mol. The van der Waals surface area contributed by atoms with E-state index in [1.807, 2.05) is 6.92 Å². The number of nitrogens with one attached hydrogen (secondary N) is 1. The largest absolute Gasteiger partial charge is 0.359 e. The fourth-order valence-corrected chi connectivity index (χ4v) is 2.54. The van der Waals surface area contributed by atoms with Crippen LogP contribution in [0, 0.1) is 25.7 Å². The van der Waals surface area contributed by atoms with Crippen LogP contribution in [0.4, 0.5) is 5.69 Å². The second kappa shape index (κ2) is 4.87. The Labute approximate surface area is 101 Å². The first-order valence-corrected chi connectivity index (χ1v) is 6.07. The highest BCUT2D eigenvalue weighted by atomic mass is 16.5. The van der Waals surface area contributed by atoms with Crippen molar-refractivity contribution in [3.63, 3.8) is 0 Å². The fraction of sp³-hybridized carbons (Fsp3) is 0.667. The van der Waals surface area contributed by atoms with E-state index in [0.717, 1.165) is 25.0 Å². The Bertz CT molecular complexity index is 394. The van der Waals surface area contributed by atoms with Crippen LogP contribution in [0.1, 0.15) is 30.7 Å². The first-order valence-electron chi connectivity index (χ1n) is 6.07. The number of anilines is 1. The molecular weight excluding hydrogens is 218 g/mol. The number of amides is 1. The van der Waals surface area contributed by atoms with Crippen molar-refractivity contribution < 1.29 is 9.32 Å². The van der Waals surface area contributed by atoms with Crippen molar-refractivity contribution in [1.29, 1.82) is 0 Å². The number of nitrogens with zero attached hydrogens (tertiary/aromatic N) is 1. The minimum absolute atomic E-state index is 0.0358. The zero-order chi connectivity index (χ0) is 12.4. The molecule has 2 atom stereocenters. The maximum atomic E-state index is 12.2. The summed E-state index contributed by atoms with van der Waals surface area (Å²) in [5.41, 5.74) is 7.11. The summed E-state index contributed by atoms with van der Waals surface area (Å²) in [4.78, 5) is 12.2. The van der Waals surface area contributed by atoms with E-state index >= 15 is 0 Å². The average Bonchev–Trinajstić information content (AvgIpc) is 2.90. The number of rotatable bonds is 3. The summed E-state index contributed by atoms with van der Waals surface area (Å²) in [6.45, 7) is 4.20. The summed E-state index contributed by atoms with van der Waals surface area (Å²) in [6, 6.07) is 0. The van der Waals surface area contributed by atoms with Crippen LogP contribution in [0.2, 0.25) is 0 Å². The molecule has 0 spiro atoms. The standard InChI is InChI=1S/C12H19N3O2/c1-7-11(8(2)17-15-7)14-12(16)10-5-3-4-9(10)6-13/h9-10H,3-6,13H2,1-2H3,(H,14,16)/t9-,10-/m1/s1. The number of carbonyl (C=O) groups is 1. The normalized spacial score (nSPS) is 23.9. The van der Waals surface area contributed by atoms with Gasteiger partial charge in [0.1, 0.15) is 11.4 Å². The summed E-state index contributed by atoms with van der Waals surface area (Å²) in [5, 5.41) is 6.73. The summed E-state index contributed by atoms with van der Waals surface area (Å²) in [5.74, 6) is 1.05. The lowest BCUT2D eigenvalue weighted by atomic mass is 9.95. The SMILES string of the molecule is Cc1noc(C)c1NC(=O)[C@@H]1CCC[C@@H]1CN. The molecule has 1 aliphatic rings. The third kappa shape index (κ3) is 2.34. The highest BCUT2D eigenvalue weighted by Crippen LogP contribution is 2.32. The number of hydrogen-bond donors (Lipinski definition) is 2. The van der Waals surface area contributed by atoms with Gasteiger partial charge in [-0.2, -0.15) is 0 Å². The lowest BCUT2D eigenvalue weighted by molar-refractivity contribution is -0.120. The van der Waals surface area contributed by atoms with Crippen LogP contribution in [0.25, 0.3) is 0 Å². The van der Waals surface area contributed by atoms with Gasteiger partial charge in [-0.15, -0.1) is 0 Å². The quantitative estimate of drug-likeness (QED) is 0.836. The Hall–Kier alpha value is -1.36. The molecule has 5 nitrogen and oxygen atoms in total. The lowest BCUT2D eigenvalue weighted by Crippen LogP contribution is -2.30. The second-order valence-corrected chi connectivity index (χ2v) is 4.72. The van der Waals surface area contributed by atoms with Crippen LogP contribution in [0.5, 0.6) is 0 Å². The van der Waals surface area contributed by atoms with Gasteiger partial charge in [0.2, 0.25) is 5.91 Å². The minimum atomic E-state index is 0.0358. The highest BCUT2D eigenvalue weighted by molar-refractivity contribution is 5.93. The molecule has 1 fully saturated rings.